The number of amides is 1. The molecule has 10 heteroatoms. The maximum atomic E-state index is 12.8. The first kappa shape index (κ1) is 20.9. The van der Waals surface area contributed by atoms with Gasteiger partial charge in [-0.25, -0.2) is 13.4 Å². The minimum Gasteiger partial charge on any atom is -0.488 e. The van der Waals surface area contributed by atoms with E-state index < -0.39 is 9.84 Å². The summed E-state index contributed by atoms with van der Waals surface area (Å²) in [5.41, 5.74) is 0.242. The maximum Gasteiger partial charge on any atom is 0.255 e. The van der Waals surface area contributed by atoms with E-state index in [1.807, 2.05) is 0 Å². The molecule has 0 saturated carbocycles. The predicted molar refractivity (Wildman–Crippen MR) is 105 cm³/mol. The van der Waals surface area contributed by atoms with Crippen LogP contribution in [0.1, 0.15) is 10.4 Å². The van der Waals surface area contributed by atoms with Crippen LogP contribution in [-0.2, 0) is 14.6 Å². The van der Waals surface area contributed by atoms with Gasteiger partial charge in [-0.2, -0.15) is 0 Å². The summed E-state index contributed by atoms with van der Waals surface area (Å²) in [6.07, 6.45) is 2.30. The number of hydrogen-bond acceptors (Lipinski definition) is 6. The van der Waals surface area contributed by atoms with Gasteiger partial charge in [0.05, 0.1) is 28.6 Å². The van der Waals surface area contributed by atoms with E-state index in [0.717, 1.165) is 6.26 Å². The van der Waals surface area contributed by atoms with E-state index in [4.69, 9.17) is 32.7 Å². The van der Waals surface area contributed by atoms with Crippen molar-refractivity contribution in [3.05, 3.63) is 52.3 Å². The standard InChI is InChI=1S/C18H18Cl2N2O5S/c1-28(24,25)13-4-5-14(15(19)9-13)18(23)22-7-8-26-12(10-22)11-27-16-3-2-6-21-17(16)20/h2-6,9,12H,7-8,10-11H2,1H3. The van der Waals surface area contributed by atoms with Crippen LogP contribution in [0.25, 0.3) is 0 Å². The molecule has 1 aliphatic rings. The number of nitrogens with zero attached hydrogens (tertiary/aromatic N) is 2. The van der Waals surface area contributed by atoms with Gasteiger partial charge in [0.2, 0.25) is 0 Å². The lowest BCUT2D eigenvalue weighted by Gasteiger charge is -2.33. The second-order valence-corrected chi connectivity index (χ2v) is 9.04. The first-order valence-electron chi connectivity index (χ1n) is 8.39. The summed E-state index contributed by atoms with van der Waals surface area (Å²) < 4.78 is 34.5. The molecule has 1 fully saturated rings. The molecule has 1 aliphatic heterocycles. The molecule has 0 spiro atoms. The number of halogens is 2. The number of carbonyl (C=O) groups excluding carboxylic acids is 1. The first-order valence-corrected chi connectivity index (χ1v) is 11.0. The summed E-state index contributed by atoms with van der Waals surface area (Å²) >= 11 is 12.1. The third-order valence-corrected chi connectivity index (χ3v) is 5.88. The van der Waals surface area contributed by atoms with E-state index in [-0.39, 0.29) is 39.3 Å². The normalized spacial score (nSPS) is 17.4. The van der Waals surface area contributed by atoms with Crippen LogP contribution in [0.5, 0.6) is 5.75 Å². The van der Waals surface area contributed by atoms with E-state index in [0.29, 0.717) is 25.4 Å². The van der Waals surface area contributed by atoms with Crippen LogP contribution in [-0.4, -0.2) is 62.9 Å². The van der Waals surface area contributed by atoms with Crippen molar-refractivity contribution in [1.29, 1.82) is 0 Å². The minimum absolute atomic E-state index is 0.0654. The summed E-state index contributed by atoms with van der Waals surface area (Å²) in [5.74, 6) is 0.147. The highest BCUT2D eigenvalue weighted by molar-refractivity contribution is 7.90. The Hall–Kier alpha value is -1.87. The van der Waals surface area contributed by atoms with Crippen molar-refractivity contribution in [3.8, 4) is 5.75 Å². The molecular weight excluding hydrogens is 427 g/mol. The number of pyridine rings is 1. The SMILES string of the molecule is CS(=O)(=O)c1ccc(C(=O)N2CCOC(COc3cccnc3Cl)C2)c(Cl)c1. The molecule has 0 radical (unpaired) electrons. The smallest absolute Gasteiger partial charge is 0.255 e. The van der Waals surface area contributed by atoms with Gasteiger partial charge in [0.15, 0.2) is 20.7 Å². The lowest BCUT2D eigenvalue weighted by molar-refractivity contribution is -0.0401. The monoisotopic (exact) mass is 444 g/mol. The van der Waals surface area contributed by atoms with Crippen molar-refractivity contribution in [2.75, 3.05) is 32.6 Å². The average molecular weight is 445 g/mol. The van der Waals surface area contributed by atoms with Crippen LogP contribution >= 0.6 is 23.2 Å². The highest BCUT2D eigenvalue weighted by atomic mass is 35.5. The van der Waals surface area contributed by atoms with Gasteiger partial charge in [-0.3, -0.25) is 4.79 Å². The fourth-order valence-electron chi connectivity index (χ4n) is 2.74. The number of ether oxygens (including phenoxy) is 2. The second kappa shape index (κ2) is 8.65. The van der Waals surface area contributed by atoms with Crippen molar-refractivity contribution in [2.45, 2.75) is 11.0 Å². The summed E-state index contributed by atoms with van der Waals surface area (Å²) in [6, 6.07) is 7.50. The predicted octanol–water partition coefficient (Wildman–Crippen LogP) is 2.71. The van der Waals surface area contributed by atoms with Gasteiger partial charge < -0.3 is 14.4 Å². The average Bonchev–Trinajstić information content (AvgIpc) is 2.66. The molecule has 1 aromatic carbocycles. The molecule has 0 aliphatic carbocycles. The topological polar surface area (TPSA) is 85.8 Å². The molecule has 0 N–H and O–H groups in total. The van der Waals surface area contributed by atoms with Crippen molar-refractivity contribution in [3.63, 3.8) is 0 Å². The summed E-state index contributed by atoms with van der Waals surface area (Å²) in [6.45, 7) is 1.25. The van der Waals surface area contributed by atoms with Gasteiger partial charge in [0.1, 0.15) is 12.7 Å². The number of carbonyl (C=O) groups is 1. The summed E-state index contributed by atoms with van der Waals surface area (Å²) in [7, 11) is -3.40. The van der Waals surface area contributed by atoms with Gasteiger partial charge in [0, 0.05) is 19.0 Å². The van der Waals surface area contributed by atoms with E-state index in [9.17, 15) is 13.2 Å². The van der Waals surface area contributed by atoms with E-state index in [1.54, 1.807) is 23.2 Å². The number of sulfone groups is 1. The number of hydrogen-bond donors (Lipinski definition) is 0. The van der Waals surface area contributed by atoms with Crippen molar-refractivity contribution in [1.82, 2.24) is 9.88 Å². The molecule has 28 heavy (non-hydrogen) atoms. The molecular formula is C18H18Cl2N2O5S. The van der Waals surface area contributed by atoms with Crippen LogP contribution in [0.4, 0.5) is 0 Å². The molecule has 1 atom stereocenters. The molecule has 2 heterocycles. The zero-order chi connectivity index (χ0) is 20.3. The fourth-order valence-corrected chi connectivity index (χ4v) is 3.88. The van der Waals surface area contributed by atoms with Gasteiger partial charge in [-0.05, 0) is 30.3 Å². The Labute approximate surface area is 173 Å². The lowest BCUT2D eigenvalue weighted by atomic mass is 10.1. The Morgan fingerprint density at radius 1 is 1.36 bits per heavy atom. The Kier molecular flexibility index (Phi) is 6.44. The Bertz CT molecular complexity index is 984. The van der Waals surface area contributed by atoms with Crippen LogP contribution in [0.3, 0.4) is 0 Å². The van der Waals surface area contributed by atoms with E-state index in [1.165, 1.54) is 18.2 Å². The molecule has 2 aromatic rings. The van der Waals surface area contributed by atoms with Gasteiger partial charge >= 0.3 is 0 Å². The minimum atomic E-state index is -3.40. The Balaban J connectivity index is 1.67. The lowest BCUT2D eigenvalue weighted by Crippen LogP contribution is -2.47. The van der Waals surface area contributed by atoms with Gasteiger partial charge in [-0.1, -0.05) is 23.2 Å². The number of benzene rings is 1. The van der Waals surface area contributed by atoms with Crippen molar-refractivity contribution in [2.24, 2.45) is 0 Å². The Morgan fingerprint density at radius 2 is 2.14 bits per heavy atom. The molecule has 1 saturated heterocycles. The number of morpholine rings is 1. The summed E-state index contributed by atoms with van der Waals surface area (Å²) in [4.78, 5) is 18.4. The van der Waals surface area contributed by atoms with Crippen molar-refractivity contribution < 1.29 is 22.7 Å². The second-order valence-electron chi connectivity index (χ2n) is 6.26. The zero-order valence-electron chi connectivity index (χ0n) is 15.0. The van der Waals surface area contributed by atoms with Crippen LogP contribution in [0, 0.1) is 0 Å². The first-order chi connectivity index (χ1) is 13.3. The zero-order valence-corrected chi connectivity index (χ0v) is 17.3. The Morgan fingerprint density at radius 3 is 2.82 bits per heavy atom. The highest BCUT2D eigenvalue weighted by Crippen LogP contribution is 2.24. The molecule has 7 nitrogen and oxygen atoms in total. The molecule has 1 aromatic heterocycles. The quantitative estimate of drug-likeness (QED) is 0.658. The van der Waals surface area contributed by atoms with Crippen LogP contribution in [0.2, 0.25) is 10.2 Å². The highest BCUT2D eigenvalue weighted by Gasteiger charge is 2.27. The van der Waals surface area contributed by atoms with E-state index in [2.05, 4.69) is 4.98 Å². The van der Waals surface area contributed by atoms with Gasteiger partial charge in [-0.15, -0.1) is 0 Å². The van der Waals surface area contributed by atoms with Gasteiger partial charge in [0.25, 0.3) is 5.91 Å². The number of aromatic nitrogens is 1. The molecule has 1 unspecified atom stereocenters. The molecule has 3 rings (SSSR count). The molecule has 150 valence electrons. The van der Waals surface area contributed by atoms with E-state index >= 15 is 0 Å². The number of rotatable bonds is 5. The largest absolute Gasteiger partial charge is 0.488 e. The molecule has 0 bridgehead atoms. The van der Waals surface area contributed by atoms with Crippen LogP contribution < -0.4 is 4.74 Å². The van der Waals surface area contributed by atoms with Crippen molar-refractivity contribution >= 4 is 38.9 Å². The summed E-state index contributed by atoms with van der Waals surface area (Å²) in [5, 5.41) is 0.346. The van der Waals surface area contributed by atoms with Crippen LogP contribution in [0.15, 0.2) is 41.4 Å². The third kappa shape index (κ3) is 4.94. The molecule has 1 amide bonds. The maximum absolute atomic E-state index is 12.8. The third-order valence-electron chi connectivity index (χ3n) is 4.17. The fraction of sp³-hybridized carbons (Fsp3) is 0.333.